The molecule has 1 heterocycles. The summed E-state index contributed by atoms with van der Waals surface area (Å²) in [5.41, 5.74) is 0.360. The van der Waals surface area contributed by atoms with Crippen molar-refractivity contribution in [1.82, 2.24) is 4.90 Å². The predicted octanol–water partition coefficient (Wildman–Crippen LogP) is 7.64. The highest BCUT2D eigenvalue weighted by Gasteiger charge is 2.48. The van der Waals surface area contributed by atoms with Crippen molar-refractivity contribution >= 4 is 12.2 Å². The maximum absolute atomic E-state index is 12.9. The number of hydrogen-bond donors (Lipinski definition) is 1. The Hall–Kier alpha value is -1.85. The van der Waals surface area contributed by atoms with E-state index in [0.29, 0.717) is 0 Å². The van der Waals surface area contributed by atoms with Gasteiger partial charge in [0.05, 0.1) is 12.6 Å². The van der Waals surface area contributed by atoms with Crippen molar-refractivity contribution < 1.29 is 19.4 Å². The van der Waals surface area contributed by atoms with Gasteiger partial charge >= 0.3 is 6.09 Å². The average molecular weight is 474 g/mol. The zero-order valence-electron chi connectivity index (χ0n) is 22.3. The molecule has 34 heavy (non-hydrogen) atoms. The number of unbranched alkanes of at least 4 members (excludes halogenated alkanes) is 8. The summed E-state index contributed by atoms with van der Waals surface area (Å²) in [5, 5.41) is 11.2. The molecule has 1 saturated heterocycles. The molecule has 0 unspecified atom stereocenters. The van der Waals surface area contributed by atoms with Crippen LogP contribution in [0.15, 0.2) is 30.3 Å². The maximum atomic E-state index is 12.9. The number of amides is 1. The quantitative estimate of drug-likeness (QED) is 0.317. The smallest absolute Gasteiger partial charge is 0.413 e. The number of aliphatic hydroxyl groups excluding tert-OH is 1. The molecule has 1 amide bonds. The van der Waals surface area contributed by atoms with Crippen LogP contribution >= 0.6 is 0 Å². The number of allylic oxidation sites excluding steroid dienone is 1. The van der Waals surface area contributed by atoms with Crippen LogP contribution in [0, 0.1) is 0 Å². The Balaban J connectivity index is 1.92. The Labute approximate surface area is 207 Å². The van der Waals surface area contributed by atoms with Gasteiger partial charge in [0, 0.05) is 0 Å². The first-order chi connectivity index (χ1) is 16.0. The fraction of sp³-hybridized carbons (Fsp3) is 0.690. The third-order valence-corrected chi connectivity index (χ3v) is 6.26. The fourth-order valence-corrected chi connectivity index (χ4v) is 4.42. The van der Waals surface area contributed by atoms with Crippen LogP contribution in [0.2, 0.25) is 0 Å². The lowest BCUT2D eigenvalue weighted by Crippen LogP contribution is -2.51. The molecular formula is C29H47NO4. The van der Waals surface area contributed by atoms with E-state index in [2.05, 4.69) is 19.1 Å². The molecule has 2 rings (SSSR count). The van der Waals surface area contributed by atoms with Gasteiger partial charge in [-0.3, -0.25) is 4.90 Å². The molecule has 1 aromatic carbocycles. The Morgan fingerprint density at radius 2 is 1.82 bits per heavy atom. The summed E-state index contributed by atoms with van der Waals surface area (Å²) in [6, 6.07) is 7.38. The Morgan fingerprint density at radius 1 is 1.18 bits per heavy atom. The summed E-state index contributed by atoms with van der Waals surface area (Å²) in [5.74, 6) is 0. The van der Waals surface area contributed by atoms with Crippen molar-refractivity contribution in [3.63, 3.8) is 0 Å². The van der Waals surface area contributed by atoms with Crippen molar-refractivity contribution in [3.05, 3.63) is 41.5 Å². The van der Waals surface area contributed by atoms with Gasteiger partial charge in [0.2, 0.25) is 0 Å². The number of ether oxygens (including phenoxy) is 2. The lowest BCUT2D eigenvalue weighted by molar-refractivity contribution is -0.0679. The number of carbonyl (C=O) groups excluding carboxylic acids is 1. The largest absolute Gasteiger partial charge is 0.444 e. The zero-order chi connectivity index (χ0) is 25.2. The van der Waals surface area contributed by atoms with Crippen molar-refractivity contribution in [2.24, 2.45) is 0 Å². The lowest BCUT2D eigenvalue weighted by Gasteiger charge is -2.36. The minimum atomic E-state index is -0.865. The summed E-state index contributed by atoms with van der Waals surface area (Å²) in [4.78, 5) is 14.4. The molecule has 0 saturated carbocycles. The van der Waals surface area contributed by atoms with Crippen LogP contribution in [0.3, 0.4) is 0 Å². The van der Waals surface area contributed by atoms with Crippen LogP contribution in [0.1, 0.15) is 117 Å². The van der Waals surface area contributed by atoms with Gasteiger partial charge in [0.1, 0.15) is 17.4 Å². The fourth-order valence-electron chi connectivity index (χ4n) is 4.42. The Kier molecular flexibility index (Phi) is 11.1. The molecule has 5 heteroatoms. The van der Waals surface area contributed by atoms with Crippen LogP contribution in [-0.2, 0) is 9.47 Å². The number of carbonyl (C=O) groups is 1. The molecule has 1 aliphatic heterocycles. The van der Waals surface area contributed by atoms with E-state index in [9.17, 15) is 9.90 Å². The second kappa shape index (κ2) is 13.3. The molecule has 192 valence electrons. The van der Waals surface area contributed by atoms with Crippen LogP contribution in [0.4, 0.5) is 4.79 Å². The summed E-state index contributed by atoms with van der Waals surface area (Å²) in [7, 11) is 0. The van der Waals surface area contributed by atoms with Gasteiger partial charge in [0.25, 0.3) is 0 Å². The molecule has 5 nitrogen and oxygen atoms in total. The second-order valence-electron chi connectivity index (χ2n) is 11.0. The molecule has 0 bridgehead atoms. The highest BCUT2D eigenvalue weighted by Crippen LogP contribution is 2.35. The normalized spacial score (nSPS) is 19.0. The van der Waals surface area contributed by atoms with Gasteiger partial charge in [0.15, 0.2) is 0 Å². The van der Waals surface area contributed by atoms with Gasteiger partial charge in [-0.1, -0.05) is 82.2 Å². The zero-order valence-corrected chi connectivity index (χ0v) is 22.3. The van der Waals surface area contributed by atoms with E-state index in [0.717, 1.165) is 17.5 Å². The van der Waals surface area contributed by atoms with Crippen molar-refractivity contribution in [2.45, 2.75) is 123 Å². The minimum Gasteiger partial charge on any atom is -0.444 e. The van der Waals surface area contributed by atoms with E-state index >= 15 is 0 Å². The molecule has 0 aromatic heterocycles. The standard InChI is InChI=1S/C29H47NO4/c1-7-8-9-10-11-12-13-14-15-16-18-23-19-17-20-24(21-23)26(31)25-22-33-29(5,6)30(25)27(32)34-28(2,3)4/h16-21,25-26,31H,7-15,22H2,1-6H3/b18-16+/t25-,26+/m0/s1. The Morgan fingerprint density at radius 3 is 2.47 bits per heavy atom. The number of hydrogen-bond acceptors (Lipinski definition) is 4. The lowest BCUT2D eigenvalue weighted by atomic mass is 9.99. The third kappa shape index (κ3) is 9.07. The first-order valence-corrected chi connectivity index (χ1v) is 13.2. The maximum Gasteiger partial charge on any atom is 0.413 e. The molecule has 1 aromatic rings. The van der Waals surface area contributed by atoms with E-state index in [1.807, 2.05) is 58.9 Å². The molecule has 1 fully saturated rings. The highest BCUT2D eigenvalue weighted by atomic mass is 16.6. The second-order valence-corrected chi connectivity index (χ2v) is 11.0. The van der Waals surface area contributed by atoms with Gasteiger partial charge in [-0.05, 0) is 64.7 Å². The number of rotatable bonds is 12. The molecule has 0 radical (unpaired) electrons. The molecule has 1 N–H and O–H groups in total. The highest BCUT2D eigenvalue weighted by molar-refractivity contribution is 5.70. The van der Waals surface area contributed by atoms with Gasteiger partial charge in [-0.25, -0.2) is 4.79 Å². The van der Waals surface area contributed by atoms with Crippen LogP contribution in [0.5, 0.6) is 0 Å². The Bertz CT molecular complexity index is 781. The molecular weight excluding hydrogens is 426 g/mol. The van der Waals surface area contributed by atoms with E-state index in [4.69, 9.17) is 9.47 Å². The first kappa shape index (κ1) is 28.4. The van der Waals surface area contributed by atoms with Crippen LogP contribution < -0.4 is 0 Å². The predicted molar refractivity (Wildman–Crippen MR) is 140 cm³/mol. The first-order valence-electron chi connectivity index (χ1n) is 13.2. The summed E-state index contributed by atoms with van der Waals surface area (Å²) >= 11 is 0. The van der Waals surface area contributed by atoms with E-state index in [-0.39, 0.29) is 6.61 Å². The average Bonchev–Trinajstić information content (AvgIpc) is 3.08. The monoisotopic (exact) mass is 473 g/mol. The van der Waals surface area contributed by atoms with E-state index in [1.165, 1.54) is 56.3 Å². The summed E-state index contributed by atoms with van der Waals surface area (Å²) in [6.45, 7) is 11.7. The van der Waals surface area contributed by atoms with Crippen molar-refractivity contribution in [1.29, 1.82) is 0 Å². The van der Waals surface area contributed by atoms with Crippen LogP contribution in [0.25, 0.3) is 6.08 Å². The van der Waals surface area contributed by atoms with Gasteiger partial charge in [-0.2, -0.15) is 0 Å². The molecule has 0 aliphatic carbocycles. The number of nitrogens with zero attached hydrogens (tertiary/aromatic N) is 1. The van der Waals surface area contributed by atoms with Gasteiger partial charge < -0.3 is 14.6 Å². The van der Waals surface area contributed by atoms with Crippen LogP contribution in [-0.4, -0.2) is 40.1 Å². The molecule has 0 spiro atoms. The van der Waals surface area contributed by atoms with Gasteiger partial charge in [-0.15, -0.1) is 0 Å². The third-order valence-electron chi connectivity index (χ3n) is 6.26. The topological polar surface area (TPSA) is 59.0 Å². The molecule has 1 aliphatic rings. The summed E-state index contributed by atoms with van der Waals surface area (Å²) in [6.07, 6.45) is 14.7. The minimum absolute atomic E-state index is 0.256. The number of benzene rings is 1. The number of aliphatic hydroxyl groups is 1. The molecule has 2 atom stereocenters. The van der Waals surface area contributed by atoms with E-state index < -0.39 is 29.6 Å². The van der Waals surface area contributed by atoms with Crippen molar-refractivity contribution in [2.75, 3.05) is 6.61 Å². The van der Waals surface area contributed by atoms with Crippen molar-refractivity contribution in [3.8, 4) is 0 Å². The summed E-state index contributed by atoms with van der Waals surface area (Å²) < 4.78 is 11.5. The SMILES string of the molecule is CCCCCCCCCC/C=C/c1cccc([C@@H](O)[C@@H]2COC(C)(C)N2C(=O)OC(C)(C)C)c1. The van der Waals surface area contributed by atoms with E-state index in [1.54, 1.807) is 0 Å².